The maximum Gasteiger partial charge on any atom is 0.337 e. The summed E-state index contributed by atoms with van der Waals surface area (Å²) in [5, 5.41) is 18.8. The second-order valence-electron chi connectivity index (χ2n) is 3.58. The lowest BCUT2D eigenvalue weighted by molar-refractivity contribution is 0.0698. The van der Waals surface area contributed by atoms with Crippen LogP contribution in [-0.4, -0.2) is 27.2 Å². The van der Waals surface area contributed by atoms with Gasteiger partial charge in [0, 0.05) is 4.47 Å². The number of nitrogens with one attached hydrogen (secondary N) is 1. The molecule has 0 aliphatic carbocycles. The summed E-state index contributed by atoms with van der Waals surface area (Å²) in [6.45, 7) is 0. The predicted octanol–water partition coefficient (Wildman–Crippen LogP) is 2.61. The van der Waals surface area contributed by atoms with E-state index in [1.54, 1.807) is 6.07 Å². The molecule has 2 N–H and O–H groups in total. The van der Waals surface area contributed by atoms with Gasteiger partial charge in [0.1, 0.15) is 0 Å². The van der Waals surface area contributed by atoms with E-state index in [9.17, 15) is 9.59 Å². The number of carbonyl (C=O) groups excluding carboxylic acids is 1. The lowest BCUT2D eigenvalue weighted by atomic mass is 10.1. The molecule has 8 heteroatoms. The summed E-state index contributed by atoms with van der Waals surface area (Å²) < 4.78 is 0.619. The quantitative estimate of drug-likeness (QED) is 0.880. The normalized spacial score (nSPS) is 9.45. The van der Waals surface area contributed by atoms with E-state index in [1.165, 1.54) is 30.6 Å². The number of amides is 1. The van der Waals surface area contributed by atoms with Crippen LogP contribution in [0.5, 0.6) is 0 Å². The zero-order chi connectivity index (χ0) is 13.8. The van der Waals surface area contributed by atoms with Gasteiger partial charge in [-0.3, -0.25) is 4.79 Å². The van der Waals surface area contributed by atoms with E-state index in [2.05, 4.69) is 31.4 Å². The van der Waals surface area contributed by atoms with Crippen LogP contribution in [-0.2, 0) is 0 Å². The standard InChI is InChI=1S/C12H8BrN3O3.ClH/c13-8-1-2-10(9(5-8)12(18)19)16-11(17)7-3-4-14-15-6-7;/h1-6H,(H,16,17)(H,18,19);1H. The van der Waals surface area contributed by atoms with E-state index >= 15 is 0 Å². The Kier molecular flexibility index (Phi) is 5.60. The first-order valence-corrected chi connectivity index (χ1v) is 5.98. The molecular formula is C12H9BrClN3O3. The molecule has 0 radical (unpaired) electrons. The third-order valence-corrected chi connectivity index (χ3v) is 2.80. The minimum atomic E-state index is -1.12. The molecule has 0 atom stereocenters. The SMILES string of the molecule is Cl.O=C(Nc1ccc(Br)cc1C(=O)O)c1ccnnc1. The van der Waals surface area contributed by atoms with Crippen LogP contribution in [0.15, 0.2) is 41.1 Å². The fraction of sp³-hybridized carbons (Fsp3) is 0. The molecule has 2 aromatic rings. The maximum absolute atomic E-state index is 11.9. The number of hydrogen-bond donors (Lipinski definition) is 2. The zero-order valence-electron chi connectivity index (χ0n) is 9.91. The van der Waals surface area contributed by atoms with E-state index in [1.807, 2.05) is 0 Å². The minimum absolute atomic E-state index is 0. The number of carbonyl (C=O) groups is 2. The number of carboxylic acids is 1. The van der Waals surface area contributed by atoms with E-state index in [4.69, 9.17) is 5.11 Å². The van der Waals surface area contributed by atoms with Crippen molar-refractivity contribution >= 4 is 45.9 Å². The van der Waals surface area contributed by atoms with Gasteiger partial charge >= 0.3 is 5.97 Å². The van der Waals surface area contributed by atoms with Crippen molar-refractivity contribution in [3.63, 3.8) is 0 Å². The van der Waals surface area contributed by atoms with Crippen molar-refractivity contribution < 1.29 is 14.7 Å². The van der Waals surface area contributed by atoms with Gasteiger partial charge in [-0.05, 0) is 24.3 Å². The number of aromatic carboxylic acids is 1. The van der Waals surface area contributed by atoms with Crippen molar-refractivity contribution in [3.8, 4) is 0 Å². The summed E-state index contributed by atoms with van der Waals surface area (Å²) in [5.41, 5.74) is 0.525. The molecule has 0 spiro atoms. The molecule has 2 rings (SSSR count). The number of halogens is 2. The third-order valence-electron chi connectivity index (χ3n) is 2.31. The molecule has 0 aliphatic heterocycles. The summed E-state index contributed by atoms with van der Waals surface area (Å²) in [7, 11) is 0. The van der Waals surface area contributed by atoms with E-state index < -0.39 is 11.9 Å². The number of carboxylic acid groups (broad SMARTS) is 1. The molecule has 1 amide bonds. The van der Waals surface area contributed by atoms with Crippen LogP contribution >= 0.6 is 28.3 Å². The first-order valence-electron chi connectivity index (χ1n) is 5.19. The highest BCUT2D eigenvalue weighted by Crippen LogP contribution is 2.21. The van der Waals surface area contributed by atoms with Gasteiger partial charge in [0.25, 0.3) is 5.91 Å². The van der Waals surface area contributed by atoms with Gasteiger partial charge in [0.2, 0.25) is 0 Å². The molecule has 0 bridgehead atoms. The highest BCUT2D eigenvalue weighted by molar-refractivity contribution is 9.10. The van der Waals surface area contributed by atoms with Crippen molar-refractivity contribution in [1.82, 2.24) is 10.2 Å². The molecule has 20 heavy (non-hydrogen) atoms. The van der Waals surface area contributed by atoms with Gasteiger partial charge in [-0.15, -0.1) is 12.4 Å². The largest absolute Gasteiger partial charge is 0.478 e. The Hall–Kier alpha value is -1.99. The second-order valence-corrected chi connectivity index (χ2v) is 4.50. The van der Waals surface area contributed by atoms with Crippen molar-refractivity contribution in [3.05, 3.63) is 52.3 Å². The predicted molar refractivity (Wildman–Crippen MR) is 78.3 cm³/mol. The highest BCUT2D eigenvalue weighted by atomic mass is 79.9. The monoisotopic (exact) mass is 357 g/mol. The fourth-order valence-corrected chi connectivity index (χ4v) is 1.78. The van der Waals surface area contributed by atoms with Gasteiger partial charge in [0.05, 0.1) is 29.2 Å². The Morgan fingerprint density at radius 3 is 2.55 bits per heavy atom. The average Bonchev–Trinajstić information content (AvgIpc) is 2.41. The molecule has 1 aromatic carbocycles. The zero-order valence-corrected chi connectivity index (χ0v) is 12.3. The lowest BCUT2D eigenvalue weighted by Gasteiger charge is -2.08. The van der Waals surface area contributed by atoms with Crippen LogP contribution in [0.4, 0.5) is 5.69 Å². The molecule has 1 heterocycles. The average molecular weight is 359 g/mol. The topological polar surface area (TPSA) is 92.2 Å². The Labute approximate surface area is 128 Å². The number of nitrogens with zero attached hydrogens (tertiary/aromatic N) is 2. The summed E-state index contributed by atoms with van der Waals surface area (Å²) in [6.07, 6.45) is 2.68. The first kappa shape index (κ1) is 16.1. The van der Waals surface area contributed by atoms with Crippen LogP contribution in [0.3, 0.4) is 0 Å². The van der Waals surface area contributed by atoms with E-state index in [0.29, 0.717) is 10.0 Å². The number of benzene rings is 1. The molecule has 0 saturated carbocycles. The van der Waals surface area contributed by atoms with Gasteiger partial charge in [-0.2, -0.15) is 10.2 Å². The second kappa shape index (κ2) is 6.97. The summed E-state index contributed by atoms with van der Waals surface area (Å²) in [6, 6.07) is 6.07. The highest BCUT2D eigenvalue weighted by Gasteiger charge is 2.14. The van der Waals surface area contributed by atoms with E-state index in [0.717, 1.165) is 0 Å². The Bertz CT molecular complexity index is 637. The van der Waals surface area contributed by atoms with Crippen molar-refractivity contribution in [2.45, 2.75) is 0 Å². The van der Waals surface area contributed by atoms with Crippen LogP contribution in [0.25, 0.3) is 0 Å². The van der Waals surface area contributed by atoms with Crippen LogP contribution in [0.1, 0.15) is 20.7 Å². The first-order chi connectivity index (χ1) is 9.08. The van der Waals surface area contributed by atoms with E-state index in [-0.39, 0.29) is 23.7 Å². The van der Waals surface area contributed by atoms with Crippen LogP contribution in [0.2, 0.25) is 0 Å². The summed E-state index contributed by atoms with van der Waals surface area (Å²) >= 11 is 3.18. The van der Waals surface area contributed by atoms with Crippen molar-refractivity contribution in [2.24, 2.45) is 0 Å². The number of aromatic nitrogens is 2. The molecule has 104 valence electrons. The summed E-state index contributed by atoms with van der Waals surface area (Å²) in [5.74, 6) is -1.57. The molecule has 0 aliphatic rings. The molecule has 6 nitrogen and oxygen atoms in total. The Morgan fingerprint density at radius 1 is 1.20 bits per heavy atom. The Balaban J connectivity index is 0.00000200. The van der Waals surface area contributed by atoms with Crippen LogP contribution in [0, 0.1) is 0 Å². The van der Waals surface area contributed by atoms with Crippen molar-refractivity contribution in [2.75, 3.05) is 5.32 Å². The molecule has 0 saturated heterocycles. The van der Waals surface area contributed by atoms with Gasteiger partial charge in [-0.1, -0.05) is 15.9 Å². The third kappa shape index (κ3) is 3.75. The molecular weight excluding hydrogens is 350 g/mol. The molecule has 0 fully saturated rings. The lowest BCUT2D eigenvalue weighted by Crippen LogP contribution is -2.15. The summed E-state index contributed by atoms with van der Waals surface area (Å²) in [4.78, 5) is 23.0. The van der Waals surface area contributed by atoms with Crippen LogP contribution < -0.4 is 5.32 Å². The number of hydrogen-bond acceptors (Lipinski definition) is 4. The smallest absolute Gasteiger partial charge is 0.337 e. The number of rotatable bonds is 3. The Morgan fingerprint density at radius 2 is 1.95 bits per heavy atom. The van der Waals surface area contributed by atoms with Crippen molar-refractivity contribution in [1.29, 1.82) is 0 Å². The fourth-order valence-electron chi connectivity index (χ4n) is 1.42. The molecule has 0 unspecified atom stereocenters. The molecule has 1 aromatic heterocycles. The van der Waals surface area contributed by atoms with Gasteiger partial charge in [-0.25, -0.2) is 4.79 Å². The minimum Gasteiger partial charge on any atom is -0.478 e. The maximum atomic E-state index is 11.9. The number of anilines is 1. The van der Waals surface area contributed by atoms with Gasteiger partial charge < -0.3 is 10.4 Å². The van der Waals surface area contributed by atoms with Gasteiger partial charge in [0.15, 0.2) is 0 Å².